The van der Waals surface area contributed by atoms with E-state index in [2.05, 4.69) is 11.3 Å². The van der Waals surface area contributed by atoms with Crippen LogP contribution < -0.4 is 4.72 Å². The van der Waals surface area contributed by atoms with Crippen molar-refractivity contribution in [2.45, 2.75) is 17.2 Å². The zero-order valence-electron chi connectivity index (χ0n) is 12.0. The molecule has 0 aliphatic rings. The Balaban J connectivity index is 2.07. The van der Waals surface area contributed by atoms with Crippen molar-refractivity contribution in [3.05, 3.63) is 76.8 Å². The lowest BCUT2D eigenvalue weighted by Crippen LogP contribution is -2.23. The van der Waals surface area contributed by atoms with Crippen LogP contribution in [0.1, 0.15) is 17.9 Å². The lowest BCUT2D eigenvalue weighted by atomic mass is 9.96. The molecule has 2 nitrogen and oxygen atoms in total. The van der Waals surface area contributed by atoms with Crippen molar-refractivity contribution in [1.82, 2.24) is 4.72 Å². The first-order valence-electron chi connectivity index (χ1n) is 6.88. The van der Waals surface area contributed by atoms with E-state index in [-0.39, 0.29) is 5.92 Å². The van der Waals surface area contributed by atoms with Gasteiger partial charge in [0.2, 0.25) is 0 Å². The van der Waals surface area contributed by atoms with Crippen molar-refractivity contribution in [3.63, 3.8) is 0 Å². The first-order valence-corrected chi connectivity index (χ1v) is 8.78. The van der Waals surface area contributed by atoms with Crippen LogP contribution in [0.4, 0.5) is 0 Å². The molecule has 0 saturated heterocycles. The molecule has 0 spiro atoms. The normalized spacial score (nSPS) is 13.5. The highest BCUT2D eigenvalue weighted by Gasteiger charge is 2.13. The van der Waals surface area contributed by atoms with Gasteiger partial charge in [0.15, 0.2) is 0 Å². The van der Waals surface area contributed by atoms with Gasteiger partial charge in [-0.3, -0.25) is 0 Å². The van der Waals surface area contributed by atoms with Gasteiger partial charge in [-0.05, 0) is 36.2 Å². The molecule has 1 N–H and O–H groups in total. The summed E-state index contributed by atoms with van der Waals surface area (Å²) in [5.41, 5.74) is 1.05. The van der Waals surface area contributed by atoms with Gasteiger partial charge in [0.05, 0.1) is 14.9 Å². The van der Waals surface area contributed by atoms with Crippen molar-refractivity contribution < 1.29 is 4.21 Å². The Morgan fingerprint density at radius 3 is 2.50 bits per heavy atom. The van der Waals surface area contributed by atoms with E-state index in [1.54, 1.807) is 6.07 Å². The number of hydrogen-bond acceptors (Lipinski definition) is 1. The summed E-state index contributed by atoms with van der Waals surface area (Å²) in [6.07, 6.45) is 2.61. The molecule has 22 heavy (non-hydrogen) atoms. The fourth-order valence-electron chi connectivity index (χ4n) is 2.11. The molecule has 0 saturated carbocycles. The predicted octanol–water partition coefficient (Wildman–Crippen LogP) is 4.97. The molecule has 1 unspecified atom stereocenters. The molecular weight excluding hydrogens is 337 g/mol. The molecule has 0 amide bonds. The summed E-state index contributed by atoms with van der Waals surface area (Å²) in [6.45, 7) is 4.35. The largest absolute Gasteiger partial charge is 0.238 e. The molecule has 0 heterocycles. The maximum atomic E-state index is 12.2. The Bertz CT molecular complexity index is 661. The molecule has 0 radical (unpaired) electrons. The summed E-state index contributed by atoms with van der Waals surface area (Å²) in [5, 5.41) is 1.06. The average Bonchev–Trinajstić information content (AvgIpc) is 2.54. The van der Waals surface area contributed by atoms with Gasteiger partial charge < -0.3 is 0 Å². The Morgan fingerprint density at radius 2 is 1.86 bits per heavy atom. The van der Waals surface area contributed by atoms with Gasteiger partial charge in [-0.1, -0.05) is 53.5 Å². The SMILES string of the molecule is C=CC[C@H](CNS(=O)c1ccccc1)c1ccc(Cl)c(Cl)c1. The summed E-state index contributed by atoms with van der Waals surface area (Å²) >= 11 is 12.0. The Kier molecular flexibility index (Phi) is 6.65. The molecule has 5 heteroatoms. The van der Waals surface area contributed by atoms with Crippen LogP contribution >= 0.6 is 23.2 Å². The zero-order chi connectivity index (χ0) is 15.9. The third-order valence-electron chi connectivity index (χ3n) is 3.28. The van der Waals surface area contributed by atoms with Crippen LogP contribution in [0.25, 0.3) is 0 Å². The quantitative estimate of drug-likeness (QED) is 0.699. The lowest BCUT2D eigenvalue weighted by molar-refractivity contribution is 0.644. The summed E-state index contributed by atoms with van der Waals surface area (Å²) in [6, 6.07) is 14.9. The van der Waals surface area contributed by atoms with E-state index in [1.807, 2.05) is 48.5 Å². The first-order chi connectivity index (χ1) is 10.6. The second-order valence-electron chi connectivity index (χ2n) is 4.83. The number of halogens is 2. The Morgan fingerprint density at radius 1 is 1.14 bits per heavy atom. The molecule has 0 aromatic heterocycles. The Hall–Kier alpha value is -1.13. The van der Waals surface area contributed by atoms with Crippen LogP contribution in [0.15, 0.2) is 66.1 Å². The molecule has 2 rings (SSSR count). The molecule has 2 aromatic rings. The topological polar surface area (TPSA) is 29.1 Å². The number of nitrogens with one attached hydrogen (secondary N) is 1. The minimum absolute atomic E-state index is 0.139. The van der Waals surface area contributed by atoms with Crippen molar-refractivity contribution in [2.24, 2.45) is 0 Å². The predicted molar refractivity (Wildman–Crippen MR) is 94.9 cm³/mol. The van der Waals surface area contributed by atoms with Gasteiger partial charge in [-0.25, -0.2) is 8.93 Å². The summed E-state index contributed by atoms with van der Waals surface area (Å²) in [4.78, 5) is 0.758. The van der Waals surface area contributed by atoms with Crippen molar-refractivity contribution >= 4 is 34.2 Å². The average molecular weight is 354 g/mol. The monoisotopic (exact) mass is 353 g/mol. The fourth-order valence-corrected chi connectivity index (χ4v) is 3.34. The molecule has 2 aromatic carbocycles. The van der Waals surface area contributed by atoms with E-state index in [0.29, 0.717) is 16.6 Å². The molecule has 0 fully saturated rings. The molecule has 116 valence electrons. The standard InChI is InChI=1S/C17H17Cl2NOS/c1-2-6-14(13-9-10-16(18)17(19)11-13)12-20-22(21)15-7-4-3-5-8-15/h2-5,7-11,14,20H,1,6,12H2/t14-,22?/m1/s1. The van der Waals surface area contributed by atoms with Crippen LogP contribution in [0.5, 0.6) is 0 Å². The third kappa shape index (κ3) is 4.68. The number of rotatable bonds is 7. The van der Waals surface area contributed by atoms with E-state index in [4.69, 9.17) is 23.2 Å². The minimum atomic E-state index is -1.23. The molecular formula is C17H17Cl2NOS. The van der Waals surface area contributed by atoms with E-state index < -0.39 is 11.0 Å². The fraction of sp³-hybridized carbons (Fsp3) is 0.176. The van der Waals surface area contributed by atoms with E-state index in [0.717, 1.165) is 16.9 Å². The molecule has 0 aliphatic carbocycles. The van der Waals surface area contributed by atoms with E-state index >= 15 is 0 Å². The summed E-state index contributed by atoms with van der Waals surface area (Å²) in [7, 11) is -1.23. The van der Waals surface area contributed by atoms with Gasteiger partial charge in [-0.15, -0.1) is 6.58 Å². The van der Waals surface area contributed by atoms with Gasteiger partial charge in [0.25, 0.3) is 0 Å². The number of allylic oxidation sites excluding steroid dienone is 1. The summed E-state index contributed by atoms with van der Waals surface area (Å²) < 4.78 is 15.3. The van der Waals surface area contributed by atoms with Crippen LogP contribution in [0.3, 0.4) is 0 Å². The first kappa shape index (κ1) is 17.2. The van der Waals surface area contributed by atoms with Crippen LogP contribution in [0.2, 0.25) is 10.0 Å². The highest BCUT2D eigenvalue weighted by atomic mass is 35.5. The second-order valence-corrected chi connectivity index (χ2v) is 6.94. The maximum absolute atomic E-state index is 12.2. The smallest absolute Gasteiger partial charge is 0.124 e. The van der Waals surface area contributed by atoms with Crippen LogP contribution in [-0.4, -0.2) is 10.8 Å². The van der Waals surface area contributed by atoms with Crippen molar-refractivity contribution in [3.8, 4) is 0 Å². The molecule has 2 atom stereocenters. The van der Waals surface area contributed by atoms with Gasteiger partial charge in [-0.2, -0.15) is 0 Å². The van der Waals surface area contributed by atoms with E-state index in [1.165, 1.54) is 0 Å². The van der Waals surface area contributed by atoms with Crippen LogP contribution in [0, 0.1) is 0 Å². The van der Waals surface area contributed by atoms with Gasteiger partial charge in [0, 0.05) is 12.5 Å². The van der Waals surface area contributed by atoms with Crippen molar-refractivity contribution in [2.75, 3.05) is 6.54 Å². The number of hydrogen-bond donors (Lipinski definition) is 1. The summed E-state index contributed by atoms with van der Waals surface area (Å²) in [5.74, 6) is 0.139. The van der Waals surface area contributed by atoms with Gasteiger partial charge in [0.1, 0.15) is 11.0 Å². The highest BCUT2D eigenvalue weighted by Crippen LogP contribution is 2.28. The second kappa shape index (κ2) is 8.49. The molecule has 0 bridgehead atoms. The zero-order valence-corrected chi connectivity index (χ0v) is 14.3. The lowest BCUT2D eigenvalue weighted by Gasteiger charge is -2.17. The van der Waals surface area contributed by atoms with Crippen molar-refractivity contribution in [1.29, 1.82) is 0 Å². The highest BCUT2D eigenvalue weighted by molar-refractivity contribution is 7.83. The Labute approximate surface area is 143 Å². The maximum Gasteiger partial charge on any atom is 0.124 e. The molecule has 0 aliphatic heterocycles. The third-order valence-corrected chi connectivity index (χ3v) is 5.15. The van der Waals surface area contributed by atoms with Crippen LogP contribution in [-0.2, 0) is 11.0 Å². The van der Waals surface area contributed by atoms with E-state index in [9.17, 15) is 4.21 Å². The number of benzene rings is 2. The minimum Gasteiger partial charge on any atom is -0.238 e. The van der Waals surface area contributed by atoms with Gasteiger partial charge >= 0.3 is 0 Å².